The highest BCUT2D eigenvalue weighted by atomic mass is 32.2. The summed E-state index contributed by atoms with van der Waals surface area (Å²) >= 11 is 0. The molecular formula is C13H22N2O5S. The van der Waals surface area contributed by atoms with E-state index < -0.39 is 16.0 Å². The van der Waals surface area contributed by atoms with Gasteiger partial charge in [0.05, 0.1) is 6.61 Å². The first-order valence-corrected chi connectivity index (χ1v) is 8.19. The molecule has 1 rings (SSSR count). The maximum absolute atomic E-state index is 12.0. The van der Waals surface area contributed by atoms with Crippen molar-refractivity contribution in [3.05, 3.63) is 18.0 Å². The zero-order valence-electron chi connectivity index (χ0n) is 12.5. The van der Waals surface area contributed by atoms with Crippen molar-refractivity contribution >= 4 is 16.0 Å². The lowest BCUT2D eigenvalue weighted by Crippen LogP contribution is -2.27. The van der Waals surface area contributed by atoms with Gasteiger partial charge in [0.25, 0.3) is 0 Å². The van der Waals surface area contributed by atoms with Crippen LogP contribution in [0.3, 0.4) is 0 Å². The highest BCUT2D eigenvalue weighted by Crippen LogP contribution is 2.13. The Morgan fingerprint density at radius 2 is 2.10 bits per heavy atom. The van der Waals surface area contributed by atoms with Gasteiger partial charge in [0.1, 0.15) is 10.6 Å². The van der Waals surface area contributed by atoms with Gasteiger partial charge in [0, 0.05) is 26.4 Å². The van der Waals surface area contributed by atoms with Gasteiger partial charge in [0.2, 0.25) is 10.0 Å². The van der Waals surface area contributed by atoms with Crippen molar-refractivity contribution in [2.24, 2.45) is 13.0 Å². The van der Waals surface area contributed by atoms with Gasteiger partial charge >= 0.3 is 5.97 Å². The molecule has 0 amide bonds. The Hall–Kier alpha value is -1.38. The van der Waals surface area contributed by atoms with Gasteiger partial charge in [-0.1, -0.05) is 13.8 Å². The summed E-state index contributed by atoms with van der Waals surface area (Å²) in [5.41, 5.74) is -0.0800. The summed E-state index contributed by atoms with van der Waals surface area (Å²) < 4.78 is 32.9. The lowest BCUT2D eigenvalue weighted by atomic mass is 10.1. The Bertz CT molecular complexity index is 577. The average molecular weight is 318 g/mol. The van der Waals surface area contributed by atoms with E-state index in [9.17, 15) is 13.2 Å². The van der Waals surface area contributed by atoms with Crippen LogP contribution in [-0.2, 0) is 21.8 Å². The number of ether oxygens (including phenoxy) is 1. The number of hydrogen-bond acceptors (Lipinski definition) is 4. The summed E-state index contributed by atoms with van der Waals surface area (Å²) in [6.07, 6.45) is 2.19. The van der Waals surface area contributed by atoms with Crippen LogP contribution in [0.5, 0.6) is 0 Å². The van der Waals surface area contributed by atoms with Crippen molar-refractivity contribution in [1.82, 2.24) is 9.29 Å². The SMILES string of the molecule is CC(C)CCOCCNS(=O)(=O)c1cc(C(=O)O)n(C)c1. The molecular weight excluding hydrogens is 296 g/mol. The minimum Gasteiger partial charge on any atom is -0.477 e. The number of rotatable bonds is 9. The Kier molecular flexibility index (Phi) is 6.38. The highest BCUT2D eigenvalue weighted by molar-refractivity contribution is 7.89. The van der Waals surface area contributed by atoms with Crippen molar-refractivity contribution in [3.63, 3.8) is 0 Å². The third kappa shape index (κ3) is 5.49. The van der Waals surface area contributed by atoms with E-state index in [1.165, 1.54) is 17.8 Å². The smallest absolute Gasteiger partial charge is 0.352 e. The fraction of sp³-hybridized carbons (Fsp3) is 0.615. The molecule has 0 radical (unpaired) electrons. The second-order valence-corrected chi connectivity index (χ2v) is 6.94. The number of carboxylic acid groups (broad SMARTS) is 1. The molecule has 0 unspecified atom stereocenters. The minimum atomic E-state index is -3.71. The largest absolute Gasteiger partial charge is 0.477 e. The highest BCUT2D eigenvalue weighted by Gasteiger charge is 2.19. The first-order valence-electron chi connectivity index (χ1n) is 6.71. The van der Waals surface area contributed by atoms with Crippen LogP contribution < -0.4 is 4.72 Å². The van der Waals surface area contributed by atoms with Crippen LogP contribution in [0.15, 0.2) is 17.2 Å². The predicted molar refractivity (Wildman–Crippen MR) is 77.8 cm³/mol. The van der Waals surface area contributed by atoms with Gasteiger partial charge in [-0.2, -0.15) is 0 Å². The molecule has 7 nitrogen and oxygen atoms in total. The first kappa shape index (κ1) is 17.7. The van der Waals surface area contributed by atoms with Crippen LogP contribution in [0, 0.1) is 5.92 Å². The molecule has 0 saturated heterocycles. The molecule has 2 N–H and O–H groups in total. The van der Waals surface area contributed by atoms with Crippen LogP contribution in [0.4, 0.5) is 0 Å². The lowest BCUT2D eigenvalue weighted by Gasteiger charge is -2.07. The molecule has 1 heterocycles. The van der Waals surface area contributed by atoms with Crippen molar-refractivity contribution in [2.75, 3.05) is 19.8 Å². The predicted octanol–water partition coefficient (Wildman–Crippen LogP) is 1.06. The summed E-state index contributed by atoms with van der Waals surface area (Å²) in [5, 5.41) is 8.91. The van der Waals surface area contributed by atoms with Gasteiger partial charge in [0.15, 0.2) is 0 Å². The van der Waals surface area contributed by atoms with E-state index in [0.29, 0.717) is 12.5 Å². The molecule has 21 heavy (non-hydrogen) atoms. The number of sulfonamides is 1. The number of nitrogens with zero attached hydrogens (tertiary/aromatic N) is 1. The van der Waals surface area contributed by atoms with Crippen LogP contribution in [0.1, 0.15) is 30.8 Å². The zero-order valence-corrected chi connectivity index (χ0v) is 13.3. The summed E-state index contributed by atoms with van der Waals surface area (Å²) in [5.74, 6) is -0.628. The van der Waals surface area contributed by atoms with E-state index in [2.05, 4.69) is 18.6 Å². The number of aromatic nitrogens is 1. The molecule has 0 atom stereocenters. The third-order valence-electron chi connectivity index (χ3n) is 2.89. The second kappa shape index (κ2) is 7.58. The van der Waals surface area contributed by atoms with Gasteiger partial charge in [-0.25, -0.2) is 17.9 Å². The van der Waals surface area contributed by atoms with Crippen molar-refractivity contribution < 1.29 is 23.1 Å². The monoisotopic (exact) mass is 318 g/mol. The number of aryl methyl sites for hydroxylation is 1. The average Bonchev–Trinajstić information content (AvgIpc) is 2.76. The Morgan fingerprint density at radius 3 is 2.62 bits per heavy atom. The Balaban J connectivity index is 2.50. The summed E-state index contributed by atoms with van der Waals surface area (Å²) in [7, 11) is -2.23. The van der Waals surface area contributed by atoms with E-state index in [1.54, 1.807) is 0 Å². The van der Waals surface area contributed by atoms with Gasteiger partial charge in [-0.05, 0) is 18.4 Å². The van der Waals surface area contributed by atoms with Crippen LogP contribution in [0.2, 0.25) is 0 Å². The normalized spacial score (nSPS) is 12.0. The Labute approximate surface area is 125 Å². The number of hydrogen-bond donors (Lipinski definition) is 2. The number of nitrogens with one attached hydrogen (secondary N) is 1. The molecule has 0 aromatic carbocycles. The van der Waals surface area contributed by atoms with E-state index >= 15 is 0 Å². The van der Waals surface area contributed by atoms with Crippen molar-refractivity contribution in [3.8, 4) is 0 Å². The number of carboxylic acids is 1. The molecule has 8 heteroatoms. The van der Waals surface area contributed by atoms with E-state index in [1.807, 2.05) is 0 Å². The summed E-state index contributed by atoms with van der Waals surface area (Å²) in [6, 6.07) is 1.13. The molecule has 0 aliphatic carbocycles. The second-order valence-electron chi connectivity index (χ2n) is 5.17. The van der Waals surface area contributed by atoms with E-state index in [4.69, 9.17) is 9.84 Å². The maximum atomic E-state index is 12.0. The van der Waals surface area contributed by atoms with Crippen LogP contribution >= 0.6 is 0 Å². The summed E-state index contributed by atoms with van der Waals surface area (Å²) in [4.78, 5) is 10.8. The third-order valence-corrected chi connectivity index (χ3v) is 4.32. The standard InChI is InChI=1S/C13H22N2O5S/c1-10(2)4-6-20-7-5-14-21(18,19)11-8-12(13(16)17)15(3)9-11/h8-10,14H,4-7H2,1-3H3,(H,16,17). The molecule has 0 saturated carbocycles. The molecule has 0 aliphatic heterocycles. The minimum absolute atomic E-state index is 0.0652. The van der Waals surface area contributed by atoms with Crippen molar-refractivity contribution in [2.45, 2.75) is 25.2 Å². The Morgan fingerprint density at radius 1 is 1.43 bits per heavy atom. The van der Waals surface area contributed by atoms with Gasteiger partial charge < -0.3 is 14.4 Å². The van der Waals surface area contributed by atoms with Crippen LogP contribution in [-0.4, -0.2) is 43.8 Å². The van der Waals surface area contributed by atoms with Crippen LogP contribution in [0.25, 0.3) is 0 Å². The molecule has 0 spiro atoms. The molecule has 0 aliphatic rings. The maximum Gasteiger partial charge on any atom is 0.352 e. The van der Waals surface area contributed by atoms with Gasteiger partial charge in [-0.3, -0.25) is 0 Å². The molecule has 0 fully saturated rings. The quantitative estimate of drug-likeness (QED) is 0.664. The zero-order chi connectivity index (χ0) is 16.0. The molecule has 1 aromatic heterocycles. The fourth-order valence-corrected chi connectivity index (χ4v) is 2.73. The van der Waals surface area contributed by atoms with E-state index in [0.717, 1.165) is 12.5 Å². The number of aromatic carboxylic acids is 1. The summed E-state index contributed by atoms with van der Waals surface area (Å²) in [6.45, 7) is 5.19. The topological polar surface area (TPSA) is 97.6 Å². The van der Waals surface area contributed by atoms with E-state index in [-0.39, 0.29) is 23.7 Å². The lowest BCUT2D eigenvalue weighted by molar-refractivity contribution is 0.0686. The van der Waals surface area contributed by atoms with Crippen molar-refractivity contribution in [1.29, 1.82) is 0 Å². The number of carbonyl (C=O) groups is 1. The first-order chi connectivity index (χ1) is 9.74. The van der Waals surface area contributed by atoms with Gasteiger partial charge in [-0.15, -0.1) is 0 Å². The molecule has 1 aromatic rings. The fourth-order valence-electron chi connectivity index (χ4n) is 1.65. The molecule has 0 bridgehead atoms. The molecule has 120 valence electrons.